The Labute approximate surface area is 127 Å². The smallest absolute Gasteiger partial charge is 0.225 e. The number of nitrogens with one attached hydrogen (secondary N) is 1. The molecule has 1 heterocycles. The number of amides is 1. The minimum absolute atomic E-state index is 0.0823. The van der Waals surface area contributed by atoms with Crippen molar-refractivity contribution >= 4 is 17.3 Å². The summed E-state index contributed by atoms with van der Waals surface area (Å²) >= 11 is 0. The van der Waals surface area contributed by atoms with Gasteiger partial charge in [-0.15, -0.1) is 0 Å². The van der Waals surface area contributed by atoms with E-state index in [2.05, 4.69) is 17.1 Å². The Bertz CT molecular complexity index is 444. The van der Waals surface area contributed by atoms with Crippen LogP contribution < -0.4 is 11.1 Å². The van der Waals surface area contributed by atoms with Crippen molar-refractivity contribution in [2.24, 2.45) is 0 Å². The van der Waals surface area contributed by atoms with Crippen LogP contribution in [0.2, 0.25) is 0 Å². The van der Waals surface area contributed by atoms with Crippen molar-refractivity contribution in [1.29, 1.82) is 0 Å². The molecule has 21 heavy (non-hydrogen) atoms. The summed E-state index contributed by atoms with van der Waals surface area (Å²) in [6.07, 6.45) is 6.92. The molecule has 0 aromatic heterocycles. The molecule has 4 nitrogen and oxygen atoms in total. The van der Waals surface area contributed by atoms with Crippen molar-refractivity contribution in [2.75, 3.05) is 24.1 Å². The van der Waals surface area contributed by atoms with Gasteiger partial charge in [0.1, 0.15) is 0 Å². The SMILES string of the molecule is CCC1CCCCCN1CCC(=O)Nc1ccc(N)cc1. The van der Waals surface area contributed by atoms with Gasteiger partial charge in [-0.3, -0.25) is 9.69 Å². The maximum Gasteiger partial charge on any atom is 0.225 e. The molecule has 0 radical (unpaired) electrons. The van der Waals surface area contributed by atoms with E-state index in [-0.39, 0.29) is 5.91 Å². The number of nitrogen functional groups attached to an aromatic ring is 1. The molecule has 1 fully saturated rings. The van der Waals surface area contributed by atoms with E-state index >= 15 is 0 Å². The monoisotopic (exact) mass is 289 g/mol. The highest BCUT2D eigenvalue weighted by Crippen LogP contribution is 2.19. The second-order valence-electron chi connectivity index (χ2n) is 5.87. The van der Waals surface area contributed by atoms with Crippen LogP contribution in [0.25, 0.3) is 0 Å². The van der Waals surface area contributed by atoms with E-state index in [0.717, 1.165) is 18.8 Å². The number of rotatable bonds is 5. The fraction of sp³-hybridized carbons (Fsp3) is 0.588. The van der Waals surface area contributed by atoms with Crippen molar-refractivity contribution in [3.05, 3.63) is 24.3 Å². The highest BCUT2D eigenvalue weighted by molar-refractivity contribution is 5.90. The summed E-state index contributed by atoms with van der Waals surface area (Å²) in [5.74, 6) is 0.0823. The van der Waals surface area contributed by atoms with Crippen LogP contribution >= 0.6 is 0 Å². The van der Waals surface area contributed by atoms with E-state index < -0.39 is 0 Å². The summed E-state index contributed by atoms with van der Waals surface area (Å²) in [6.45, 7) is 4.24. The number of hydrogen-bond donors (Lipinski definition) is 2. The summed E-state index contributed by atoms with van der Waals surface area (Å²) in [6, 6.07) is 7.94. The third-order valence-electron chi connectivity index (χ3n) is 4.29. The predicted molar refractivity (Wildman–Crippen MR) is 88.2 cm³/mol. The second-order valence-corrected chi connectivity index (χ2v) is 5.87. The first kappa shape index (κ1) is 15.8. The van der Waals surface area contributed by atoms with Crippen LogP contribution in [-0.4, -0.2) is 29.9 Å². The first-order chi connectivity index (χ1) is 10.2. The van der Waals surface area contributed by atoms with Gasteiger partial charge in [0, 0.05) is 30.4 Å². The first-order valence-corrected chi connectivity index (χ1v) is 8.08. The number of anilines is 2. The van der Waals surface area contributed by atoms with Gasteiger partial charge in [0.05, 0.1) is 0 Å². The van der Waals surface area contributed by atoms with E-state index in [0.29, 0.717) is 18.2 Å². The highest BCUT2D eigenvalue weighted by Gasteiger charge is 2.19. The van der Waals surface area contributed by atoms with Crippen LogP contribution in [0.4, 0.5) is 11.4 Å². The zero-order valence-corrected chi connectivity index (χ0v) is 13.0. The molecule has 1 saturated heterocycles. The number of nitrogens with two attached hydrogens (primary N) is 1. The van der Waals surface area contributed by atoms with Gasteiger partial charge in [0.15, 0.2) is 0 Å². The normalized spacial score (nSPS) is 20.0. The summed E-state index contributed by atoms with van der Waals surface area (Å²) in [7, 11) is 0. The topological polar surface area (TPSA) is 58.4 Å². The van der Waals surface area contributed by atoms with Gasteiger partial charge in [0.2, 0.25) is 5.91 Å². The van der Waals surface area contributed by atoms with Gasteiger partial charge in [-0.1, -0.05) is 19.8 Å². The van der Waals surface area contributed by atoms with Gasteiger partial charge in [0.25, 0.3) is 0 Å². The fourth-order valence-corrected chi connectivity index (χ4v) is 3.03. The molecule has 1 aliphatic rings. The van der Waals surface area contributed by atoms with Gasteiger partial charge >= 0.3 is 0 Å². The molecular weight excluding hydrogens is 262 g/mol. The minimum atomic E-state index is 0.0823. The largest absolute Gasteiger partial charge is 0.399 e. The molecule has 1 aromatic carbocycles. The van der Waals surface area contributed by atoms with Crippen molar-refractivity contribution in [3.63, 3.8) is 0 Å². The van der Waals surface area contributed by atoms with E-state index in [4.69, 9.17) is 5.73 Å². The average Bonchev–Trinajstić information content (AvgIpc) is 2.72. The first-order valence-electron chi connectivity index (χ1n) is 8.08. The molecule has 0 spiro atoms. The van der Waals surface area contributed by atoms with Crippen LogP contribution in [-0.2, 0) is 4.79 Å². The molecule has 1 atom stereocenters. The maximum atomic E-state index is 12.1. The molecule has 0 aliphatic carbocycles. The van der Waals surface area contributed by atoms with E-state index in [9.17, 15) is 4.79 Å². The van der Waals surface area contributed by atoms with Crippen LogP contribution in [0.1, 0.15) is 45.4 Å². The number of nitrogens with zero attached hydrogens (tertiary/aromatic N) is 1. The lowest BCUT2D eigenvalue weighted by atomic mass is 10.1. The lowest BCUT2D eigenvalue weighted by Gasteiger charge is -2.28. The highest BCUT2D eigenvalue weighted by atomic mass is 16.1. The molecule has 2 rings (SSSR count). The lowest BCUT2D eigenvalue weighted by Crippen LogP contribution is -2.36. The Balaban J connectivity index is 1.80. The van der Waals surface area contributed by atoms with Gasteiger partial charge in [-0.2, -0.15) is 0 Å². The number of benzene rings is 1. The van der Waals surface area contributed by atoms with Crippen molar-refractivity contribution in [3.8, 4) is 0 Å². The molecule has 116 valence electrons. The summed E-state index contributed by atoms with van der Waals surface area (Å²) in [5.41, 5.74) is 7.17. The lowest BCUT2D eigenvalue weighted by molar-refractivity contribution is -0.116. The minimum Gasteiger partial charge on any atom is -0.399 e. The fourth-order valence-electron chi connectivity index (χ4n) is 3.03. The number of hydrogen-bond acceptors (Lipinski definition) is 3. The Hall–Kier alpha value is -1.55. The molecule has 3 N–H and O–H groups in total. The van der Waals surface area contributed by atoms with Crippen molar-refractivity contribution < 1.29 is 4.79 Å². The molecule has 4 heteroatoms. The van der Waals surface area contributed by atoms with Gasteiger partial charge in [-0.05, 0) is 50.1 Å². The molecule has 1 amide bonds. The Kier molecular flexibility index (Phi) is 6.05. The third-order valence-corrected chi connectivity index (χ3v) is 4.29. The van der Waals surface area contributed by atoms with Crippen LogP contribution in [0.5, 0.6) is 0 Å². The molecule has 1 aliphatic heterocycles. The van der Waals surface area contributed by atoms with E-state index in [1.807, 2.05) is 12.1 Å². The van der Waals surface area contributed by atoms with E-state index in [1.165, 1.54) is 32.1 Å². The van der Waals surface area contributed by atoms with Crippen molar-refractivity contribution in [2.45, 2.75) is 51.5 Å². The Morgan fingerprint density at radius 2 is 2.05 bits per heavy atom. The van der Waals surface area contributed by atoms with Crippen LogP contribution in [0.15, 0.2) is 24.3 Å². The van der Waals surface area contributed by atoms with Crippen molar-refractivity contribution in [1.82, 2.24) is 4.90 Å². The standard InChI is InChI=1S/C17H27N3O/c1-2-16-6-4-3-5-12-20(16)13-11-17(21)19-15-9-7-14(18)8-10-15/h7-10,16H,2-6,11-13,18H2,1H3,(H,19,21). The summed E-state index contributed by atoms with van der Waals surface area (Å²) in [5, 5.41) is 2.94. The second kappa shape index (κ2) is 8.03. The molecule has 0 bridgehead atoms. The molecule has 0 saturated carbocycles. The Morgan fingerprint density at radius 1 is 1.29 bits per heavy atom. The average molecular weight is 289 g/mol. The number of likely N-dealkylation sites (tertiary alicyclic amines) is 1. The number of carbonyl (C=O) groups is 1. The molecule has 1 aromatic rings. The number of carbonyl (C=O) groups excluding carboxylic acids is 1. The quantitative estimate of drug-likeness (QED) is 0.818. The van der Waals surface area contributed by atoms with Gasteiger partial charge in [-0.25, -0.2) is 0 Å². The Morgan fingerprint density at radius 3 is 2.76 bits per heavy atom. The summed E-state index contributed by atoms with van der Waals surface area (Å²) < 4.78 is 0. The zero-order valence-electron chi connectivity index (χ0n) is 13.0. The van der Waals surface area contributed by atoms with Gasteiger partial charge < -0.3 is 11.1 Å². The van der Waals surface area contributed by atoms with Crippen LogP contribution in [0.3, 0.4) is 0 Å². The third kappa shape index (κ3) is 5.05. The zero-order chi connectivity index (χ0) is 15.1. The van der Waals surface area contributed by atoms with E-state index in [1.54, 1.807) is 12.1 Å². The predicted octanol–water partition coefficient (Wildman–Crippen LogP) is 3.25. The maximum absolute atomic E-state index is 12.1. The molecular formula is C17H27N3O. The van der Waals surface area contributed by atoms with Crippen LogP contribution in [0, 0.1) is 0 Å². The summed E-state index contributed by atoms with van der Waals surface area (Å²) in [4.78, 5) is 14.5. The molecule has 1 unspecified atom stereocenters.